The molecule has 4 nitrogen and oxygen atoms in total. The first kappa shape index (κ1) is 14.1. The van der Waals surface area contributed by atoms with E-state index in [0.717, 1.165) is 6.42 Å². The molecule has 0 aliphatic heterocycles. The highest BCUT2D eigenvalue weighted by atomic mass is 16.4. The number of carboxylic acid groups (broad SMARTS) is 1. The van der Waals surface area contributed by atoms with E-state index in [-0.39, 0.29) is 6.10 Å². The molecular weight excluding hydrogens is 194 g/mol. The molecule has 0 aliphatic carbocycles. The van der Waals surface area contributed by atoms with Gasteiger partial charge in [-0.1, -0.05) is 19.9 Å². The predicted molar refractivity (Wildman–Crippen MR) is 59.8 cm³/mol. The Balaban J connectivity index is 3.64. The molecule has 88 valence electrons. The van der Waals surface area contributed by atoms with Gasteiger partial charge in [-0.15, -0.1) is 0 Å². The van der Waals surface area contributed by atoms with Gasteiger partial charge in [0, 0.05) is 12.1 Å². The van der Waals surface area contributed by atoms with Gasteiger partial charge in [0.25, 0.3) is 0 Å². The van der Waals surface area contributed by atoms with Crippen LogP contribution in [0, 0.1) is 0 Å². The van der Waals surface area contributed by atoms with Crippen LogP contribution in [-0.4, -0.2) is 35.4 Å². The molecule has 0 rings (SSSR count). The maximum Gasteiger partial charge on any atom is 0.331 e. The summed E-state index contributed by atoms with van der Waals surface area (Å²) in [5.74, 6) is -0.854. The summed E-state index contributed by atoms with van der Waals surface area (Å²) in [6.45, 7) is 5.01. The van der Waals surface area contributed by atoms with Crippen molar-refractivity contribution in [3.8, 4) is 0 Å². The van der Waals surface area contributed by atoms with Gasteiger partial charge in [-0.05, 0) is 25.8 Å². The number of hydrogen-bond donors (Lipinski definition) is 3. The highest BCUT2D eigenvalue weighted by Gasteiger charge is 2.02. The minimum absolute atomic E-state index is 0.258. The fourth-order valence-electron chi connectivity index (χ4n) is 1.15. The van der Waals surface area contributed by atoms with Crippen molar-refractivity contribution < 1.29 is 15.0 Å². The van der Waals surface area contributed by atoms with Gasteiger partial charge in [-0.25, -0.2) is 4.79 Å². The topological polar surface area (TPSA) is 69.6 Å². The van der Waals surface area contributed by atoms with E-state index in [9.17, 15) is 9.90 Å². The van der Waals surface area contributed by atoms with Gasteiger partial charge in [-0.3, -0.25) is 0 Å². The number of hydrogen-bond acceptors (Lipinski definition) is 3. The fourth-order valence-corrected chi connectivity index (χ4v) is 1.15. The van der Waals surface area contributed by atoms with Crippen LogP contribution in [0.5, 0.6) is 0 Å². The van der Waals surface area contributed by atoms with Crippen LogP contribution in [-0.2, 0) is 4.79 Å². The van der Waals surface area contributed by atoms with Crippen molar-refractivity contribution in [1.82, 2.24) is 5.32 Å². The SMILES string of the molecule is CC/C(=C/CNCCC(O)CC)C(=O)O. The van der Waals surface area contributed by atoms with Gasteiger partial charge in [0.2, 0.25) is 0 Å². The molecule has 15 heavy (non-hydrogen) atoms. The number of aliphatic carboxylic acids is 1. The van der Waals surface area contributed by atoms with E-state index in [1.165, 1.54) is 0 Å². The Hall–Kier alpha value is -0.870. The van der Waals surface area contributed by atoms with E-state index in [4.69, 9.17) is 5.11 Å². The van der Waals surface area contributed by atoms with Crippen molar-refractivity contribution in [2.45, 2.75) is 39.2 Å². The van der Waals surface area contributed by atoms with Gasteiger partial charge in [0.1, 0.15) is 0 Å². The molecule has 4 heteroatoms. The summed E-state index contributed by atoms with van der Waals surface area (Å²) in [6, 6.07) is 0. The van der Waals surface area contributed by atoms with Gasteiger partial charge >= 0.3 is 5.97 Å². The average Bonchev–Trinajstić information content (AvgIpc) is 2.22. The van der Waals surface area contributed by atoms with Crippen molar-refractivity contribution in [3.05, 3.63) is 11.6 Å². The predicted octanol–water partition coefficient (Wildman–Crippen LogP) is 1.16. The zero-order valence-corrected chi connectivity index (χ0v) is 9.49. The first-order valence-electron chi connectivity index (χ1n) is 5.42. The number of aliphatic hydroxyl groups is 1. The normalized spacial score (nSPS) is 13.9. The molecular formula is C11H21NO3. The molecule has 0 saturated carbocycles. The fraction of sp³-hybridized carbons (Fsp3) is 0.727. The minimum Gasteiger partial charge on any atom is -0.478 e. The molecule has 3 N–H and O–H groups in total. The lowest BCUT2D eigenvalue weighted by atomic mass is 10.2. The Kier molecular flexibility index (Phi) is 7.95. The quantitative estimate of drug-likeness (QED) is 0.420. The molecule has 0 bridgehead atoms. The van der Waals surface area contributed by atoms with Crippen LogP contribution < -0.4 is 5.32 Å². The Bertz CT molecular complexity index is 214. The third-order valence-corrected chi connectivity index (χ3v) is 2.27. The van der Waals surface area contributed by atoms with Crippen LogP contribution in [0.15, 0.2) is 11.6 Å². The van der Waals surface area contributed by atoms with E-state index in [1.807, 2.05) is 13.8 Å². The van der Waals surface area contributed by atoms with E-state index in [2.05, 4.69) is 5.32 Å². The second-order valence-corrected chi connectivity index (χ2v) is 3.44. The van der Waals surface area contributed by atoms with Gasteiger partial charge in [0.05, 0.1) is 6.10 Å². The van der Waals surface area contributed by atoms with E-state index >= 15 is 0 Å². The minimum atomic E-state index is -0.854. The molecule has 0 aromatic rings. The van der Waals surface area contributed by atoms with E-state index in [0.29, 0.717) is 31.5 Å². The zero-order chi connectivity index (χ0) is 11.7. The van der Waals surface area contributed by atoms with E-state index < -0.39 is 5.97 Å². The Labute approximate surface area is 91.0 Å². The summed E-state index contributed by atoms with van der Waals surface area (Å²) in [4.78, 5) is 10.6. The van der Waals surface area contributed by atoms with Crippen molar-refractivity contribution in [1.29, 1.82) is 0 Å². The van der Waals surface area contributed by atoms with Crippen LogP contribution in [0.2, 0.25) is 0 Å². The van der Waals surface area contributed by atoms with Crippen LogP contribution in [0.3, 0.4) is 0 Å². The molecule has 1 atom stereocenters. The van der Waals surface area contributed by atoms with E-state index in [1.54, 1.807) is 6.08 Å². The maximum absolute atomic E-state index is 10.6. The summed E-state index contributed by atoms with van der Waals surface area (Å²) >= 11 is 0. The lowest BCUT2D eigenvalue weighted by Crippen LogP contribution is -2.20. The monoisotopic (exact) mass is 215 g/mol. The third kappa shape index (κ3) is 7.11. The van der Waals surface area contributed by atoms with Gasteiger partial charge < -0.3 is 15.5 Å². The van der Waals surface area contributed by atoms with Crippen molar-refractivity contribution in [3.63, 3.8) is 0 Å². The highest BCUT2D eigenvalue weighted by Crippen LogP contribution is 1.99. The Morgan fingerprint density at radius 3 is 2.60 bits per heavy atom. The molecule has 0 aromatic carbocycles. The highest BCUT2D eigenvalue weighted by molar-refractivity contribution is 5.86. The lowest BCUT2D eigenvalue weighted by molar-refractivity contribution is -0.132. The van der Waals surface area contributed by atoms with Crippen molar-refractivity contribution >= 4 is 5.97 Å². The summed E-state index contributed by atoms with van der Waals surface area (Å²) in [7, 11) is 0. The summed E-state index contributed by atoms with van der Waals surface area (Å²) in [5, 5.41) is 21.0. The number of carbonyl (C=O) groups is 1. The third-order valence-electron chi connectivity index (χ3n) is 2.27. The van der Waals surface area contributed by atoms with Crippen LogP contribution in [0.25, 0.3) is 0 Å². The molecule has 0 aliphatic rings. The molecule has 1 unspecified atom stereocenters. The van der Waals surface area contributed by atoms with Gasteiger partial charge in [0.15, 0.2) is 0 Å². The standard InChI is InChI=1S/C11H21NO3/c1-3-9(11(14)15)5-7-12-8-6-10(13)4-2/h5,10,12-13H,3-4,6-8H2,1-2H3,(H,14,15)/b9-5-. The van der Waals surface area contributed by atoms with Crippen LogP contribution >= 0.6 is 0 Å². The second-order valence-electron chi connectivity index (χ2n) is 3.44. The Morgan fingerprint density at radius 1 is 1.47 bits per heavy atom. The summed E-state index contributed by atoms with van der Waals surface area (Å²) in [6.07, 6.45) is 3.42. The molecule has 0 heterocycles. The molecule has 0 amide bonds. The van der Waals surface area contributed by atoms with Gasteiger partial charge in [-0.2, -0.15) is 0 Å². The van der Waals surface area contributed by atoms with Crippen molar-refractivity contribution in [2.75, 3.05) is 13.1 Å². The maximum atomic E-state index is 10.6. The molecule has 0 saturated heterocycles. The molecule has 0 spiro atoms. The zero-order valence-electron chi connectivity index (χ0n) is 9.49. The molecule has 0 aromatic heterocycles. The van der Waals surface area contributed by atoms with Crippen LogP contribution in [0.4, 0.5) is 0 Å². The number of nitrogens with one attached hydrogen (secondary N) is 1. The molecule has 0 radical (unpaired) electrons. The molecule has 0 fully saturated rings. The summed E-state index contributed by atoms with van der Waals surface area (Å²) < 4.78 is 0. The number of rotatable bonds is 8. The van der Waals surface area contributed by atoms with Crippen molar-refractivity contribution in [2.24, 2.45) is 0 Å². The average molecular weight is 215 g/mol. The first-order chi connectivity index (χ1) is 7.11. The summed E-state index contributed by atoms with van der Waals surface area (Å²) in [5.41, 5.74) is 0.429. The lowest BCUT2D eigenvalue weighted by Gasteiger charge is -2.07. The Morgan fingerprint density at radius 2 is 2.13 bits per heavy atom. The van der Waals surface area contributed by atoms with Crippen LogP contribution in [0.1, 0.15) is 33.1 Å². The smallest absolute Gasteiger partial charge is 0.331 e. The second kappa shape index (κ2) is 8.44. The first-order valence-corrected chi connectivity index (χ1v) is 5.42. The number of carboxylic acids is 1. The number of aliphatic hydroxyl groups excluding tert-OH is 1. The largest absolute Gasteiger partial charge is 0.478 e.